The summed E-state index contributed by atoms with van der Waals surface area (Å²) in [5.74, 6) is 0.398. The smallest absolute Gasteiger partial charge is 0.321 e. The van der Waals surface area contributed by atoms with Gasteiger partial charge in [0, 0.05) is 54.2 Å². The molecular formula is C20H24N6O. The number of carbonyl (C=O) groups excluding carboxylic acids is 1. The van der Waals surface area contributed by atoms with Crippen molar-refractivity contribution >= 4 is 22.6 Å². The second kappa shape index (κ2) is 7.34. The van der Waals surface area contributed by atoms with Gasteiger partial charge in [-0.1, -0.05) is 0 Å². The van der Waals surface area contributed by atoms with Crippen LogP contribution in [0.2, 0.25) is 0 Å². The Labute approximate surface area is 158 Å². The molecule has 2 amide bonds. The first-order valence-corrected chi connectivity index (χ1v) is 9.41. The van der Waals surface area contributed by atoms with Crippen LogP contribution < -0.4 is 5.32 Å². The Balaban J connectivity index is 1.39. The van der Waals surface area contributed by atoms with Crippen LogP contribution in [0, 0.1) is 0 Å². The first-order chi connectivity index (χ1) is 13.1. The van der Waals surface area contributed by atoms with Crippen LogP contribution in [0.1, 0.15) is 44.3 Å². The zero-order valence-electron chi connectivity index (χ0n) is 15.7. The average Bonchev–Trinajstić information content (AvgIpc) is 3.12. The average molecular weight is 364 g/mol. The van der Waals surface area contributed by atoms with Gasteiger partial charge in [0.05, 0.1) is 5.52 Å². The SMILES string of the molecule is CC(C)n1cc2cc(NC(=O)N3CCC(c4ccncn4)CC3)ccc2n1. The van der Waals surface area contributed by atoms with Crippen LogP contribution in [0.3, 0.4) is 0 Å². The van der Waals surface area contributed by atoms with Gasteiger partial charge in [-0.25, -0.2) is 14.8 Å². The normalized spacial score (nSPS) is 15.4. The lowest BCUT2D eigenvalue weighted by molar-refractivity contribution is 0.194. The van der Waals surface area contributed by atoms with E-state index in [4.69, 9.17) is 0 Å². The second-order valence-electron chi connectivity index (χ2n) is 7.30. The van der Waals surface area contributed by atoms with E-state index in [9.17, 15) is 4.79 Å². The number of hydrogen-bond donors (Lipinski definition) is 1. The highest BCUT2D eigenvalue weighted by molar-refractivity contribution is 5.92. The van der Waals surface area contributed by atoms with Gasteiger partial charge in [0.1, 0.15) is 6.33 Å². The van der Waals surface area contributed by atoms with Crippen LogP contribution >= 0.6 is 0 Å². The molecule has 1 saturated heterocycles. The van der Waals surface area contributed by atoms with E-state index in [1.54, 1.807) is 12.5 Å². The molecule has 140 valence electrons. The van der Waals surface area contributed by atoms with Crippen molar-refractivity contribution < 1.29 is 4.79 Å². The van der Waals surface area contributed by atoms with Crippen molar-refractivity contribution in [2.24, 2.45) is 0 Å². The minimum atomic E-state index is -0.0493. The Morgan fingerprint density at radius 3 is 2.74 bits per heavy atom. The molecule has 0 aliphatic carbocycles. The third kappa shape index (κ3) is 3.77. The number of urea groups is 1. The number of hydrogen-bond acceptors (Lipinski definition) is 4. The number of nitrogens with zero attached hydrogens (tertiary/aromatic N) is 5. The third-order valence-corrected chi connectivity index (χ3v) is 5.11. The molecule has 1 aromatic carbocycles. The van der Waals surface area contributed by atoms with E-state index in [2.05, 4.69) is 34.2 Å². The second-order valence-corrected chi connectivity index (χ2v) is 7.30. The molecule has 7 heteroatoms. The first kappa shape index (κ1) is 17.5. The number of fused-ring (bicyclic) bond motifs is 1. The monoisotopic (exact) mass is 364 g/mol. The van der Waals surface area contributed by atoms with Gasteiger partial charge in [0.25, 0.3) is 0 Å². The molecule has 1 aliphatic heterocycles. The van der Waals surface area contributed by atoms with Crippen molar-refractivity contribution in [1.29, 1.82) is 0 Å². The van der Waals surface area contributed by atoms with Crippen LogP contribution in [-0.2, 0) is 0 Å². The molecule has 27 heavy (non-hydrogen) atoms. The summed E-state index contributed by atoms with van der Waals surface area (Å²) in [6.45, 7) is 5.65. The maximum atomic E-state index is 12.6. The number of nitrogens with one attached hydrogen (secondary N) is 1. The van der Waals surface area contributed by atoms with Gasteiger partial charge in [-0.05, 0) is 51.0 Å². The topological polar surface area (TPSA) is 75.9 Å². The molecule has 3 aromatic rings. The Bertz CT molecular complexity index is 928. The van der Waals surface area contributed by atoms with Gasteiger partial charge in [-0.3, -0.25) is 4.68 Å². The summed E-state index contributed by atoms with van der Waals surface area (Å²) in [6.07, 6.45) is 7.23. The molecule has 0 unspecified atom stereocenters. The minimum absolute atomic E-state index is 0.0493. The quantitative estimate of drug-likeness (QED) is 0.766. The fraction of sp³-hybridized carbons (Fsp3) is 0.400. The van der Waals surface area contributed by atoms with Crippen molar-refractivity contribution in [2.45, 2.75) is 38.6 Å². The van der Waals surface area contributed by atoms with Crippen LogP contribution in [-0.4, -0.2) is 43.8 Å². The highest BCUT2D eigenvalue weighted by Crippen LogP contribution is 2.27. The van der Waals surface area contributed by atoms with Gasteiger partial charge in [-0.2, -0.15) is 5.10 Å². The number of piperidine rings is 1. The van der Waals surface area contributed by atoms with Gasteiger partial charge in [0.2, 0.25) is 0 Å². The summed E-state index contributed by atoms with van der Waals surface area (Å²) in [4.78, 5) is 22.8. The maximum Gasteiger partial charge on any atom is 0.321 e. The van der Waals surface area contributed by atoms with Gasteiger partial charge in [-0.15, -0.1) is 0 Å². The lowest BCUT2D eigenvalue weighted by atomic mass is 9.93. The predicted molar refractivity (Wildman–Crippen MR) is 105 cm³/mol. The first-order valence-electron chi connectivity index (χ1n) is 9.41. The van der Waals surface area contributed by atoms with E-state index < -0.39 is 0 Å². The van der Waals surface area contributed by atoms with Crippen molar-refractivity contribution in [3.05, 3.63) is 48.7 Å². The van der Waals surface area contributed by atoms with Gasteiger partial charge < -0.3 is 10.2 Å². The van der Waals surface area contributed by atoms with Crippen molar-refractivity contribution in [3.8, 4) is 0 Å². The molecular weight excluding hydrogens is 340 g/mol. The summed E-state index contributed by atoms with van der Waals surface area (Å²) in [5.41, 5.74) is 2.80. The molecule has 0 spiro atoms. The summed E-state index contributed by atoms with van der Waals surface area (Å²) in [6, 6.07) is 8.06. The molecule has 4 rings (SSSR count). The number of amides is 2. The largest absolute Gasteiger partial charge is 0.324 e. The number of benzene rings is 1. The summed E-state index contributed by atoms with van der Waals surface area (Å²) < 4.78 is 1.94. The molecule has 1 fully saturated rings. The minimum Gasteiger partial charge on any atom is -0.324 e. The van der Waals surface area contributed by atoms with Crippen LogP contribution in [0.15, 0.2) is 43.0 Å². The predicted octanol–water partition coefficient (Wildman–Crippen LogP) is 3.82. The molecule has 0 atom stereocenters. The molecule has 2 aromatic heterocycles. The molecule has 7 nitrogen and oxygen atoms in total. The molecule has 3 heterocycles. The number of likely N-dealkylation sites (tertiary alicyclic amines) is 1. The van der Waals surface area contributed by atoms with Crippen LogP contribution in [0.25, 0.3) is 10.9 Å². The molecule has 0 saturated carbocycles. The summed E-state index contributed by atoms with van der Waals surface area (Å²) >= 11 is 0. The third-order valence-electron chi connectivity index (χ3n) is 5.11. The maximum absolute atomic E-state index is 12.6. The molecule has 1 N–H and O–H groups in total. The number of carbonyl (C=O) groups is 1. The lowest BCUT2D eigenvalue weighted by Gasteiger charge is -2.31. The van der Waals surface area contributed by atoms with Crippen molar-refractivity contribution in [1.82, 2.24) is 24.6 Å². The zero-order chi connectivity index (χ0) is 18.8. The van der Waals surface area contributed by atoms with E-state index in [0.29, 0.717) is 12.0 Å². The van der Waals surface area contributed by atoms with E-state index in [0.717, 1.165) is 48.2 Å². The van der Waals surface area contributed by atoms with E-state index in [-0.39, 0.29) is 6.03 Å². The summed E-state index contributed by atoms with van der Waals surface area (Å²) in [7, 11) is 0. The van der Waals surface area contributed by atoms with Gasteiger partial charge in [0.15, 0.2) is 0 Å². The Morgan fingerprint density at radius 2 is 2.04 bits per heavy atom. The molecule has 0 bridgehead atoms. The number of aromatic nitrogens is 4. The fourth-order valence-electron chi connectivity index (χ4n) is 3.51. The standard InChI is InChI=1S/C20H24N6O/c1-14(2)26-12-16-11-17(3-4-19(16)24-26)23-20(27)25-9-6-15(7-10-25)18-5-8-21-13-22-18/h3-5,8,11-15H,6-7,9-10H2,1-2H3,(H,23,27). The van der Waals surface area contributed by atoms with E-state index in [1.165, 1.54) is 0 Å². The van der Waals surface area contributed by atoms with Crippen LogP contribution in [0.5, 0.6) is 0 Å². The van der Waals surface area contributed by atoms with Crippen molar-refractivity contribution in [3.63, 3.8) is 0 Å². The Hall–Kier alpha value is -2.96. The highest BCUT2D eigenvalue weighted by atomic mass is 16.2. The molecule has 0 radical (unpaired) electrons. The van der Waals surface area contributed by atoms with Crippen LogP contribution in [0.4, 0.5) is 10.5 Å². The molecule has 1 aliphatic rings. The Kier molecular flexibility index (Phi) is 4.75. The fourth-order valence-corrected chi connectivity index (χ4v) is 3.51. The van der Waals surface area contributed by atoms with Crippen molar-refractivity contribution in [2.75, 3.05) is 18.4 Å². The summed E-state index contributed by atoms with van der Waals surface area (Å²) in [5, 5.41) is 8.60. The van der Waals surface area contributed by atoms with E-state index >= 15 is 0 Å². The number of anilines is 1. The van der Waals surface area contributed by atoms with E-state index in [1.807, 2.05) is 40.0 Å². The lowest BCUT2D eigenvalue weighted by Crippen LogP contribution is -2.40. The number of rotatable bonds is 3. The highest BCUT2D eigenvalue weighted by Gasteiger charge is 2.24. The Morgan fingerprint density at radius 1 is 1.22 bits per heavy atom. The van der Waals surface area contributed by atoms with Gasteiger partial charge >= 0.3 is 6.03 Å². The zero-order valence-corrected chi connectivity index (χ0v) is 15.7.